The molecule has 0 unspecified atom stereocenters. The fraction of sp³-hybridized carbons (Fsp3) is 0.417. The molecule has 0 amide bonds. The molecule has 0 aliphatic carbocycles. The van der Waals surface area contributed by atoms with Crippen molar-refractivity contribution in [3.8, 4) is 5.75 Å². The molecule has 0 spiro atoms. The van der Waals surface area contributed by atoms with Crippen LogP contribution in [-0.2, 0) is 0 Å². The van der Waals surface area contributed by atoms with E-state index in [-0.39, 0.29) is 6.10 Å². The molecule has 17 heavy (non-hydrogen) atoms. The first-order valence-corrected chi connectivity index (χ1v) is 7.49. The monoisotopic (exact) mass is 384 g/mol. The van der Waals surface area contributed by atoms with E-state index in [2.05, 4.69) is 31.4 Å². The molecule has 2 rings (SSSR count). The first-order valence-electron chi connectivity index (χ1n) is 5.49. The van der Waals surface area contributed by atoms with E-state index >= 15 is 0 Å². The summed E-state index contributed by atoms with van der Waals surface area (Å²) >= 11 is 14.3. The Labute approximate surface area is 125 Å². The molecule has 92 valence electrons. The zero-order valence-electron chi connectivity index (χ0n) is 9.20. The average molecular weight is 385 g/mol. The fourth-order valence-corrected chi connectivity index (χ4v) is 2.74. The van der Waals surface area contributed by atoms with Crippen LogP contribution < -0.4 is 4.74 Å². The summed E-state index contributed by atoms with van der Waals surface area (Å²) in [7, 11) is 0. The molecule has 5 heteroatoms. The quantitative estimate of drug-likeness (QED) is 0.554. The molecule has 0 aromatic heterocycles. The van der Waals surface area contributed by atoms with E-state index in [0.717, 1.165) is 25.9 Å². The number of rotatable bonds is 2. The van der Waals surface area contributed by atoms with Crippen LogP contribution in [0.3, 0.4) is 0 Å². The first kappa shape index (κ1) is 13.4. The Kier molecular flexibility index (Phi) is 4.94. The Morgan fingerprint density at radius 1 is 1.29 bits per heavy atom. The van der Waals surface area contributed by atoms with Crippen LogP contribution >= 0.6 is 45.8 Å². The van der Waals surface area contributed by atoms with Crippen LogP contribution in [0, 0.1) is 0 Å². The van der Waals surface area contributed by atoms with E-state index in [9.17, 15) is 0 Å². The average Bonchev–Trinajstić information content (AvgIpc) is 2.36. The number of nitrogens with zero attached hydrogens (tertiary/aromatic N) is 1. The second kappa shape index (κ2) is 6.25. The lowest BCUT2D eigenvalue weighted by Crippen LogP contribution is -2.32. The molecule has 0 radical (unpaired) electrons. The molecule has 1 aromatic carbocycles. The van der Waals surface area contributed by atoms with Crippen molar-refractivity contribution in [3.05, 3.63) is 28.2 Å². The van der Waals surface area contributed by atoms with Gasteiger partial charge in [0.2, 0.25) is 0 Å². The van der Waals surface area contributed by atoms with Crippen LogP contribution in [0.4, 0.5) is 0 Å². The molecule has 2 nitrogen and oxygen atoms in total. The van der Waals surface area contributed by atoms with Crippen molar-refractivity contribution in [2.45, 2.75) is 18.9 Å². The molecule has 0 bridgehead atoms. The largest absolute Gasteiger partial charge is 0.488 e. The van der Waals surface area contributed by atoms with E-state index in [1.165, 1.54) is 0 Å². The standard InChI is InChI=1S/C12H13Cl2INO/c13-10-2-1-3-11(12(10)14)17-9-4-6-16(8-15)7-5-9/h1-3,8-9H,4-7H2/q+1. The summed E-state index contributed by atoms with van der Waals surface area (Å²) in [6.45, 7) is 2.07. The lowest BCUT2D eigenvalue weighted by atomic mass is 10.1. The van der Waals surface area contributed by atoms with Gasteiger partial charge in [0, 0.05) is 35.4 Å². The Morgan fingerprint density at radius 2 is 2.00 bits per heavy atom. The molecule has 1 saturated heterocycles. The highest BCUT2D eigenvalue weighted by molar-refractivity contribution is 14.1. The molecule has 1 heterocycles. The fourth-order valence-electron chi connectivity index (χ4n) is 1.85. The zero-order chi connectivity index (χ0) is 12.3. The molecule has 1 fully saturated rings. The van der Waals surface area contributed by atoms with Crippen molar-refractivity contribution < 1.29 is 9.31 Å². The van der Waals surface area contributed by atoms with E-state index in [0.29, 0.717) is 15.8 Å². The summed E-state index contributed by atoms with van der Waals surface area (Å²) < 4.78 is 10.3. The molecular formula is C12H13Cl2INO+. The highest BCUT2D eigenvalue weighted by Gasteiger charge is 2.23. The summed E-state index contributed by atoms with van der Waals surface area (Å²) in [5.74, 6) is 0.691. The third kappa shape index (κ3) is 3.48. The van der Waals surface area contributed by atoms with Gasteiger partial charge in [0.15, 0.2) is 4.22 Å². The second-order valence-corrected chi connectivity index (χ2v) is 5.34. The minimum absolute atomic E-state index is 0.235. The highest BCUT2D eigenvalue weighted by atomic mass is 127. The van der Waals surface area contributed by atoms with Gasteiger partial charge in [0.25, 0.3) is 0 Å². The van der Waals surface area contributed by atoms with Crippen molar-refractivity contribution in [1.29, 1.82) is 0 Å². The minimum atomic E-state index is 0.235. The number of hydrogen-bond acceptors (Lipinski definition) is 1. The Hall–Kier alpha value is -0.0000000000000000555. The van der Waals surface area contributed by atoms with Crippen LogP contribution in [-0.4, -0.2) is 28.0 Å². The van der Waals surface area contributed by atoms with Crippen LogP contribution in [0.25, 0.3) is 0 Å². The topological polar surface area (TPSA) is 12.2 Å². The van der Waals surface area contributed by atoms with E-state index in [1.54, 1.807) is 6.07 Å². The van der Waals surface area contributed by atoms with E-state index in [1.807, 2.05) is 12.1 Å². The van der Waals surface area contributed by atoms with Crippen LogP contribution in [0.2, 0.25) is 10.0 Å². The molecule has 0 saturated carbocycles. The smallest absolute Gasteiger partial charge is 0.199 e. The molecule has 0 atom stereocenters. The normalized spacial score (nSPS) is 20.2. The van der Waals surface area contributed by atoms with Gasteiger partial charge in [0.1, 0.15) is 30.0 Å². The van der Waals surface area contributed by atoms with Gasteiger partial charge in [-0.05, 0) is 12.1 Å². The SMILES string of the molecule is Clc1cccc(OC2CC[N+](=CI)CC2)c1Cl. The van der Waals surface area contributed by atoms with E-state index < -0.39 is 0 Å². The summed E-state index contributed by atoms with van der Waals surface area (Å²) in [5.41, 5.74) is 0. The molecular weight excluding hydrogens is 372 g/mol. The van der Waals surface area contributed by atoms with Crippen LogP contribution in [0.15, 0.2) is 18.2 Å². The number of piperidine rings is 1. The van der Waals surface area contributed by atoms with Gasteiger partial charge in [-0.2, -0.15) is 0 Å². The predicted molar refractivity (Wildman–Crippen MR) is 80.2 cm³/mol. The van der Waals surface area contributed by atoms with Gasteiger partial charge in [-0.15, -0.1) is 0 Å². The Morgan fingerprint density at radius 3 is 2.65 bits per heavy atom. The summed E-state index contributed by atoms with van der Waals surface area (Å²) in [6.07, 6.45) is 2.27. The number of benzene rings is 1. The van der Waals surface area contributed by atoms with Crippen molar-refractivity contribution in [2.75, 3.05) is 13.1 Å². The molecule has 1 aliphatic rings. The third-order valence-electron chi connectivity index (χ3n) is 2.82. The number of halogens is 3. The van der Waals surface area contributed by atoms with Gasteiger partial charge in [-0.25, -0.2) is 4.58 Å². The van der Waals surface area contributed by atoms with Crippen LogP contribution in [0.1, 0.15) is 12.8 Å². The maximum atomic E-state index is 6.09. The lowest BCUT2D eigenvalue weighted by molar-refractivity contribution is -0.533. The van der Waals surface area contributed by atoms with Gasteiger partial charge in [-0.1, -0.05) is 29.3 Å². The van der Waals surface area contributed by atoms with Crippen molar-refractivity contribution in [1.82, 2.24) is 0 Å². The number of hydrogen-bond donors (Lipinski definition) is 0. The maximum Gasteiger partial charge on any atom is 0.199 e. The molecule has 1 aliphatic heterocycles. The van der Waals surface area contributed by atoms with E-state index in [4.69, 9.17) is 27.9 Å². The van der Waals surface area contributed by atoms with Crippen molar-refractivity contribution in [3.63, 3.8) is 0 Å². The maximum absolute atomic E-state index is 6.09. The van der Waals surface area contributed by atoms with Crippen LogP contribution in [0.5, 0.6) is 5.75 Å². The van der Waals surface area contributed by atoms with Crippen molar-refractivity contribution >= 4 is 50.0 Å². The first-order chi connectivity index (χ1) is 8.20. The lowest BCUT2D eigenvalue weighted by Gasteiger charge is -2.22. The van der Waals surface area contributed by atoms with Gasteiger partial charge in [-0.3, -0.25) is 0 Å². The van der Waals surface area contributed by atoms with Gasteiger partial charge in [0.05, 0.1) is 5.02 Å². The summed E-state index contributed by atoms with van der Waals surface area (Å²) in [5, 5.41) is 1.05. The molecule has 0 N–H and O–H groups in total. The second-order valence-electron chi connectivity index (χ2n) is 4.00. The van der Waals surface area contributed by atoms with Gasteiger partial charge >= 0.3 is 0 Å². The van der Waals surface area contributed by atoms with Gasteiger partial charge < -0.3 is 4.74 Å². The Bertz CT molecular complexity index is 427. The Balaban J connectivity index is 2.00. The predicted octanol–water partition coefficient (Wildman–Crippen LogP) is 4.01. The summed E-state index contributed by atoms with van der Waals surface area (Å²) in [4.78, 5) is 0. The van der Waals surface area contributed by atoms with Crippen molar-refractivity contribution in [2.24, 2.45) is 0 Å². The number of ether oxygens (including phenoxy) is 1. The molecule has 1 aromatic rings. The third-order valence-corrected chi connectivity index (χ3v) is 4.41. The highest BCUT2D eigenvalue weighted by Crippen LogP contribution is 2.33. The zero-order valence-corrected chi connectivity index (χ0v) is 12.9. The summed E-state index contributed by atoms with van der Waals surface area (Å²) in [6, 6.07) is 5.49. The minimum Gasteiger partial charge on any atom is -0.488 e.